The van der Waals surface area contributed by atoms with Crippen LogP contribution in [0.2, 0.25) is 0 Å². The van der Waals surface area contributed by atoms with E-state index in [2.05, 4.69) is 20.3 Å². The summed E-state index contributed by atoms with van der Waals surface area (Å²) in [5.41, 5.74) is 1.04. The zero-order chi connectivity index (χ0) is 19.1. The van der Waals surface area contributed by atoms with Gasteiger partial charge in [0, 0.05) is 23.2 Å². The lowest BCUT2D eigenvalue weighted by atomic mass is 9.97. The first-order chi connectivity index (χ1) is 13.6. The molecule has 1 saturated carbocycles. The highest BCUT2D eigenvalue weighted by molar-refractivity contribution is 5.62. The van der Waals surface area contributed by atoms with Crippen molar-refractivity contribution in [1.29, 1.82) is 0 Å². The Bertz CT molecular complexity index is 1070. The number of hydrogen-bond donors (Lipinski definition) is 1. The van der Waals surface area contributed by atoms with Crippen LogP contribution in [0.5, 0.6) is 17.4 Å². The number of aromatic nitrogens is 3. The van der Waals surface area contributed by atoms with Crippen molar-refractivity contribution in [1.82, 2.24) is 15.0 Å². The number of nitrogens with one attached hydrogen (secondary N) is 1. The van der Waals surface area contributed by atoms with E-state index in [-0.39, 0.29) is 16.9 Å². The van der Waals surface area contributed by atoms with Crippen LogP contribution in [-0.2, 0) is 5.41 Å². The molecule has 1 aromatic carbocycles. The molecule has 1 fully saturated rings. The number of nitrogens with zero attached hydrogens (tertiary/aromatic N) is 4. The second-order valence-electron chi connectivity index (χ2n) is 6.79. The number of pyridine rings is 1. The van der Waals surface area contributed by atoms with Gasteiger partial charge in [0.05, 0.1) is 23.9 Å². The Morgan fingerprint density at radius 1 is 1.14 bits per heavy atom. The molecule has 1 spiro atoms. The van der Waals surface area contributed by atoms with Gasteiger partial charge in [-0.1, -0.05) is 6.07 Å². The molecule has 28 heavy (non-hydrogen) atoms. The van der Waals surface area contributed by atoms with Gasteiger partial charge in [0.25, 0.3) is 0 Å². The molecular formula is C19H15N5O4. The summed E-state index contributed by atoms with van der Waals surface area (Å²) in [6, 6.07) is 8.61. The lowest BCUT2D eigenvalue weighted by molar-refractivity contribution is -0.384. The van der Waals surface area contributed by atoms with Crippen LogP contribution in [0.4, 0.5) is 17.3 Å². The lowest BCUT2D eigenvalue weighted by Gasteiger charge is -2.12. The van der Waals surface area contributed by atoms with E-state index >= 15 is 0 Å². The molecule has 0 amide bonds. The molecule has 0 saturated heterocycles. The molecule has 0 radical (unpaired) electrons. The van der Waals surface area contributed by atoms with Crippen molar-refractivity contribution in [2.45, 2.75) is 18.3 Å². The van der Waals surface area contributed by atoms with Gasteiger partial charge in [-0.05, 0) is 31.0 Å². The van der Waals surface area contributed by atoms with Crippen LogP contribution in [0, 0.1) is 10.1 Å². The Morgan fingerprint density at radius 3 is 2.79 bits per heavy atom. The minimum Gasteiger partial charge on any atom is -0.492 e. The molecule has 5 rings (SSSR count). The van der Waals surface area contributed by atoms with Crippen molar-refractivity contribution >= 4 is 17.3 Å². The molecule has 1 aliphatic heterocycles. The third-order valence-electron chi connectivity index (χ3n) is 4.95. The summed E-state index contributed by atoms with van der Waals surface area (Å²) < 4.78 is 11.7. The quantitative estimate of drug-likeness (QED) is 0.528. The molecule has 2 aromatic heterocycles. The van der Waals surface area contributed by atoms with Gasteiger partial charge in [0.2, 0.25) is 11.7 Å². The second kappa shape index (κ2) is 6.15. The Hall–Kier alpha value is -3.75. The zero-order valence-corrected chi connectivity index (χ0v) is 14.7. The molecule has 2 aliphatic rings. The maximum Gasteiger partial charge on any atom is 0.311 e. The minimum absolute atomic E-state index is 0.0821. The van der Waals surface area contributed by atoms with Gasteiger partial charge in [-0.2, -0.15) is 0 Å². The minimum atomic E-state index is -0.508. The number of hydrogen-bond acceptors (Lipinski definition) is 8. The van der Waals surface area contributed by atoms with Crippen molar-refractivity contribution in [2.75, 3.05) is 11.9 Å². The number of fused-ring (bicyclic) bond motifs is 2. The van der Waals surface area contributed by atoms with Crippen LogP contribution in [0.15, 0.2) is 48.9 Å². The maximum absolute atomic E-state index is 11.1. The fourth-order valence-corrected chi connectivity index (χ4v) is 3.38. The summed E-state index contributed by atoms with van der Waals surface area (Å²) in [5.74, 6) is 2.35. The fourth-order valence-electron chi connectivity index (χ4n) is 3.38. The molecule has 3 heterocycles. The first kappa shape index (κ1) is 16.4. The SMILES string of the molecule is O=[N+]([O-])c1cccnc1Nc1cnc(Oc2cccc3c2C2(CC2)CO3)cn1. The van der Waals surface area contributed by atoms with Crippen molar-refractivity contribution < 1.29 is 14.4 Å². The van der Waals surface area contributed by atoms with Crippen LogP contribution < -0.4 is 14.8 Å². The number of anilines is 2. The summed E-state index contributed by atoms with van der Waals surface area (Å²) >= 11 is 0. The van der Waals surface area contributed by atoms with E-state index < -0.39 is 4.92 Å². The molecule has 1 N–H and O–H groups in total. The standard InChI is InChI=1S/C19H15N5O4/c25-24(26)12-3-2-8-20-18(12)23-15-9-22-16(10-21-15)28-14-5-1-4-13-17(14)19(6-7-19)11-27-13/h1-5,8-10H,6-7,11H2,(H,20,21,23). The number of rotatable bonds is 5. The zero-order valence-electron chi connectivity index (χ0n) is 14.7. The normalized spacial score (nSPS) is 15.6. The topological polar surface area (TPSA) is 112 Å². The van der Waals surface area contributed by atoms with Crippen LogP contribution in [0.1, 0.15) is 18.4 Å². The van der Waals surface area contributed by atoms with E-state index in [1.54, 1.807) is 0 Å². The Morgan fingerprint density at radius 2 is 2.04 bits per heavy atom. The number of benzene rings is 1. The predicted molar refractivity (Wildman–Crippen MR) is 99.1 cm³/mol. The van der Waals surface area contributed by atoms with E-state index in [0.29, 0.717) is 18.3 Å². The van der Waals surface area contributed by atoms with Gasteiger partial charge >= 0.3 is 5.69 Å². The van der Waals surface area contributed by atoms with Crippen molar-refractivity contribution in [2.24, 2.45) is 0 Å². The van der Waals surface area contributed by atoms with Crippen molar-refractivity contribution in [3.05, 3.63) is 64.6 Å². The molecular weight excluding hydrogens is 362 g/mol. The van der Waals surface area contributed by atoms with Gasteiger partial charge in [0.1, 0.15) is 11.5 Å². The van der Waals surface area contributed by atoms with Crippen LogP contribution in [-0.4, -0.2) is 26.5 Å². The number of ether oxygens (including phenoxy) is 2. The third-order valence-corrected chi connectivity index (χ3v) is 4.95. The van der Waals surface area contributed by atoms with Gasteiger partial charge in [-0.15, -0.1) is 0 Å². The Labute approximate surface area is 159 Å². The van der Waals surface area contributed by atoms with E-state index in [9.17, 15) is 10.1 Å². The molecule has 0 unspecified atom stereocenters. The molecule has 3 aromatic rings. The van der Waals surface area contributed by atoms with Crippen LogP contribution in [0.3, 0.4) is 0 Å². The highest BCUT2D eigenvalue weighted by Gasteiger charge is 2.52. The van der Waals surface area contributed by atoms with E-state index in [1.165, 1.54) is 30.7 Å². The monoisotopic (exact) mass is 377 g/mol. The summed E-state index contributed by atoms with van der Waals surface area (Å²) in [6.45, 7) is 0.695. The van der Waals surface area contributed by atoms with E-state index in [1.807, 2.05) is 18.2 Å². The van der Waals surface area contributed by atoms with Gasteiger partial charge in [-0.25, -0.2) is 15.0 Å². The van der Waals surface area contributed by atoms with Crippen molar-refractivity contribution in [3.63, 3.8) is 0 Å². The highest BCUT2D eigenvalue weighted by Crippen LogP contribution is 2.58. The summed E-state index contributed by atoms with van der Waals surface area (Å²) in [5, 5.41) is 13.9. The van der Waals surface area contributed by atoms with Crippen molar-refractivity contribution in [3.8, 4) is 17.4 Å². The van der Waals surface area contributed by atoms with Crippen LogP contribution >= 0.6 is 0 Å². The predicted octanol–water partition coefficient (Wildman–Crippen LogP) is 3.74. The first-order valence-corrected chi connectivity index (χ1v) is 8.77. The van der Waals surface area contributed by atoms with Gasteiger partial charge < -0.3 is 14.8 Å². The fraction of sp³-hybridized carbons (Fsp3) is 0.211. The molecule has 0 atom stereocenters. The Balaban J connectivity index is 1.36. The summed E-state index contributed by atoms with van der Waals surface area (Å²) in [4.78, 5) is 23.0. The number of nitro groups is 1. The molecule has 140 valence electrons. The van der Waals surface area contributed by atoms with E-state index in [4.69, 9.17) is 9.47 Å². The third kappa shape index (κ3) is 2.77. The average molecular weight is 377 g/mol. The molecule has 9 heteroatoms. The average Bonchev–Trinajstić information content (AvgIpc) is 3.39. The lowest BCUT2D eigenvalue weighted by Crippen LogP contribution is -2.08. The van der Waals surface area contributed by atoms with Gasteiger partial charge in [-0.3, -0.25) is 10.1 Å². The van der Waals surface area contributed by atoms with E-state index in [0.717, 1.165) is 29.9 Å². The summed E-state index contributed by atoms with van der Waals surface area (Å²) in [7, 11) is 0. The second-order valence-corrected chi connectivity index (χ2v) is 6.79. The van der Waals surface area contributed by atoms with Gasteiger partial charge in [0.15, 0.2) is 5.82 Å². The van der Waals surface area contributed by atoms with Crippen LogP contribution in [0.25, 0.3) is 0 Å². The molecule has 9 nitrogen and oxygen atoms in total. The molecule has 0 bridgehead atoms. The largest absolute Gasteiger partial charge is 0.492 e. The highest BCUT2D eigenvalue weighted by atomic mass is 16.6. The maximum atomic E-state index is 11.1. The first-order valence-electron chi connectivity index (χ1n) is 8.77. The smallest absolute Gasteiger partial charge is 0.311 e. The molecule has 1 aliphatic carbocycles. The Kier molecular flexibility index (Phi) is 3.61. The summed E-state index contributed by atoms with van der Waals surface area (Å²) in [6.07, 6.45) is 6.56.